The van der Waals surface area contributed by atoms with Gasteiger partial charge < -0.3 is 5.11 Å². The Bertz CT molecular complexity index is 527. The van der Waals surface area contributed by atoms with Crippen LogP contribution in [0.1, 0.15) is 15.3 Å². The van der Waals surface area contributed by atoms with Gasteiger partial charge in [0.05, 0.1) is 6.61 Å². The Balaban J connectivity index is 2.00. The Morgan fingerprint density at radius 1 is 1.25 bits per heavy atom. The fourth-order valence-electron chi connectivity index (χ4n) is 1.93. The molecule has 0 bridgehead atoms. The maximum Gasteiger partial charge on any atom is 0.187 e. The lowest BCUT2D eigenvalue weighted by Crippen LogP contribution is -2.25. The zero-order chi connectivity index (χ0) is 14.4. The Morgan fingerprint density at radius 2 is 2.00 bits per heavy atom. The van der Waals surface area contributed by atoms with E-state index in [-0.39, 0.29) is 6.61 Å². The van der Waals surface area contributed by atoms with Gasteiger partial charge in [-0.1, -0.05) is 11.8 Å². The van der Waals surface area contributed by atoms with Gasteiger partial charge in [-0.3, -0.25) is 4.90 Å². The number of aromatic nitrogens is 2. The van der Waals surface area contributed by atoms with Crippen molar-refractivity contribution in [1.29, 1.82) is 0 Å². The van der Waals surface area contributed by atoms with Gasteiger partial charge in [-0.2, -0.15) is 0 Å². The van der Waals surface area contributed by atoms with E-state index >= 15 is 0 Å². The molecule has 2 aromatic heterocycles. The number of thioether (sulfide) groups is 1. The molecule has 0 saturated carbocycles. The summed E-state index contributed by atoms with van der Waals surface area (Å²) in [5, 5.41) is 10.00. The molecule has 0 aliphatic carbocycles. The zero-order valence-electron chi connectivity index (χ0n) is 11.7. The van der Waals surface area contributed by atoms with Crippen LogP contribution in [0.5, 0.6) is 0 Å². The summed E-state index contributed by atoms with van der Waals surface area (Å²) in [5.74, 6) is 0. The monoisotopic (exact) mass is 309 g/mol. The molecular weight excluding hydrogens is 290 g/mol. The van der Waals surface area contributed by atoms with Crippen molar-refractivity contribution in [3.63, 3.8) is 0 Å². The van der Waals surface area contributed by atoms with Crippen LogP contribution < -0.4 is 0 Å². The van der Waals surface area contributed by atoms with Crippen LogP contribution in [0.15, 0.2) is 29.7 Å². The number of hydrogen-bond acceptors (Lipinski definition) is 6. The minimum absolute atomic E-state index is 0.161. The molecule has 6 heteroatoms. The molecule has 0 amide bonds. The van der Waals surface area contributed by atoms with Crippen molar-refractivity contribution in [3.8, 4) is 0 Å². The third kappa shape index (κ3) is 4.56. The Labute approximate surface area is 127 Å². The first kappa shape index (κ1) is 15.4. The highest BCUT2D eigenvalue weighted by Crippen LogP contribution is 2.18. The standard InChI is InChI=1S/C14H19N3OS2/c1-11-3-4-13(20-11)10-17(5-6-18)9-12-7-15-14(19-2)16-8-12/h3-4,7-8,18H,5-6,9-10H2,1-2H3. The molecule has 2 rings (SSSR count). The van der Waals surface area contributed by atoms with Gasteiger partial charge in [0, 0.05) is 47.3 Å². The van der Waals surface area contributed by atoms with E-state index in [9.17, 15) is 5.11 Å². The van der Waals surface area contributed by atoms with E-state index in [1.165, 1.54) is 21.5 Å². The average Bonchev–Trinajstić information content (AvgIpc) is 2.85. The number of aryl methyl sites for hydroxylation is 1. The van der Waals surface area contributed by atoms with Gasteiger partial charge in [0.2, 0.25) is 0 Å². The summed E-state index contributed by atoms with van der Waals surface area (Å²) in [6.07, 6.45) is 5.69. The van der Waals surface area contributed by atoms with Crippen molar-refractivity contribution in [2.45, 2.75) is 25.2 Å². The summed E-state index contributed by atoms with van der Waals surface area (Å²) in [7, 11) is 0. The lowest BCUT2D eigenvalue weighted by Gasteiger charge is -2.20. The van der Waals surface area contributed by atoms with Gasteiger partial charge in [-0.05, 0) is 25.3 Å². The van der Waals surface area contributed by atoms with Crippen LogP contribution in [-0.2, 0) is 13.1 Å². The predicted molar refractivity (Wildman–Crippen MR) is 84.1 cm³/mol. The first-order valence-electron chi connectivity index (χ1n) is 6.44. The van der Waals surface area contributed by atoms with Crippen molar-refractivity contribution >= 4 is 23.1 Å². The second-order valence-electron chi connectivity index (χ2n) is 4.52. The number of nitrogens with zero attached hydrogens (tertiary/aromatic N) is 3. The van der Waals surface area contributed by atoms with Gasteiger partial charge in [0.15, 0.2) is 5.16 Å². The summed E-state index contributed by atoms with van der Waals surface area (Å²) >= 11 is 3.34. The normalized spacial score (nSPS) is 11.2. The fraction of sp³-hybridized carbons (Fsp3) is 0.429. The molecule has 20 heavy (non-hydrogen) atoms. The van der Waals surface area contributed by atoms with E-state index < -0.39 is 0 Å². The van der Waals surface area contributed by atoms with Crippen LogP contribution >= 0.6 is 23.1 Å². The fourth-order valence-corrected chi connectivity index (χ4v) is 3.18. The summed E-state index contributed by atoms with van der Waals surface area (Å²) in [4.78, 5) is 13.4. The second kappa shape index (κ2) is 7.73. The summed E-state index contributed by atoms with van der Waals surface area (Å²) in [6.45, 7) is 4.53. The van der Waals surface area contributed by atoms with E-state index in [0.717, 1.165) is 23.8 Å². The molecule has 0 radical (unpaired) electrons. The number of rotatable bonds is 7. The molecule has 2 aromatic rings. The molecule has 108 valence electrons. The van der Waals surface area contributed by atoms with E-state index in [2.05, 4.69) is 33.9 Å². The maximum absolute atomic E-state index is 9.21. The minimum atomic E-state index is 0.161. The van der Waals surface area contributed by atoms with Crippen LogP contribution in [0, 0.1) is 6.92 Å². The Hall–Kier alpha value is -0.950. The maximum atomic E-state index is 9.21. The molecule has 0 aromatic carbocycles. The SMILES string of the molecule is CSc1ncc(CN(CCO)Cc2ccc(C)s2)cn1. The highest BCUT2D eigenvalue weighted by molar-refractivity contribution is 7.98. The number of aliphatic hydroxyl groups is 1. The Kier molecular flexibility index (Phi) is 5.97. The lowest BCUT2D eigenvalue weighted by atomic mass is 10.3. The summed E-state index contributed by atoms with van der Waals surface area (Å²) < 4.78 is 0. The third-order valence-corrected chi connectivity index (χ3v) is 4.42. The van der Waals surface area contributed by atoms with E-state index in [0.29, 0.717) is 6.54 Å². The first-order chi connectivity index (χ1) is 9.71. The third-order valence-electron chi connectivity index (χ3n) is 2.86. The molecule has 4 nitrogen and oxygen atoms in total. The average molecular weight is 309 g/mol. The van der Waals surface area contributed by atoms with Crippen LogP contribution in [0.4, 0.5) is 0 Å². The number of hydrogen-bond donors (Lipinski definition) is 1. The zero-order valence-corrected chi connectivity index (χ0v) is 13.4. The Morgan fingerprint density at radius 3 is 2.55 bits per heavy atom. The van der Waals surface area contributed by atoms with Gasteiger partial charge in [-0.25, -0.2) is 9.97 Å². The number of aliphatic hydroxyl groups excluding tert-OH is 1. The lowest BCUT2D eigenvalue weighted by molar-refractivity contribution is 0.185. The molecule has 0 aliphatic heterocycles. The molecule has 0 saturated heterocycles. The van der Waals surface area contributed by atoms with Crippen molar-refractivity contribution in [2.24, 2.45) is 0 Å². The molecule has 0 fully saturated rings. The first-order valence-corrected chi connectivity index (χ1v) is 8.49. The van der Waals surface area contributed by atoms with Crippen LogP contribution in [0.25, 0.3) is 0 Å². The van der Waals surface area contributed by atoms with E-state index in [1.54, 1.807) is 11.3 Å². The minimum Gasteiger partial charge on any atom is -0.395 e. The highest BCUT2D eigenvalue weighted by Gasteiger charge is 2.09. The van der Waals surface area contributed by atoms with Gasteiger partial charge in [0.25, 0.3) is 0 Å². The molecule has 0 aliphatic rings. The van der Waals surface area contributed by atoms with E-state index in [1.807, 2.05) is 18.6 Å². The van der Waals surface area contributed by atoms with Crippen molar-refractivity contribution in [2.75, 3.05) is 19.4 Å². The van der Waals surface area contributed by atoms with Crippen LogP contribution in [0.2, 0.25) is 0 Å². The molecule has 1 N–H and O–H groups in total. The highest BCUT2D eigenvalue weighted by atomic mass is 32.2. The smallest absolute Gasteiger partial charge is 0.187 e. The van der Waals surface area contributed by atoms with Gasteiger partial charge in [-0.15, -0.1) is 11.3 Å². The van der Waals surface area contributed by atoms with Crippen molar-refractivity contribution in [3.05, 3.63) is 39.8 Å². The molecule has 0 unspecified atom stereocenters. The molecule has 0 spiro atoms. The largest absolute Gasteiger partial charge is 0.395 e. The quantitative estimate of drug-likeness (QED) is 0.629. The topological polar surface area (TPSA) is 49.2 Å². The van der Waals surface area contributed by atoms with Crippen LogP contribution in [-0.4, -0.2) is 39.4 Å². The van der Waals surface area contributed by atoms with Gasteiger partial charge >= 0.3 is 0 Å². The van der Waals surface area contributed by atoms with Crippen LogP contribution in [0.3, 0.4) is 0 Å². The number of thiophene rings is 1. The predicted octanol–water partition coefficient (Wildman–Crippen LogP) is 2.56. The molecule has 2 heterocycles. The van der Waals surface area contributed by atoms with Crippen molar-refractivity contribution < 1.29 is 5.11 Å². The molecule has 0 atom stereocenters. The summed E-state index contributed by atoms with van der Waals surface area (Å²) in [6, 6.07) is 4.28. The van der Waals surface area contributed by atoms with Crippen molar-refractivity contribution in [1.82, 2.24) is 14.9 Å². The second-order valence-corrected chi connectivity index (χ2v) is 6.67. The molecular formula is C14H19N3OS2. The van der Waals surface area contributed by atoms with E-state index in [4.69, 9.17) is 0 Å². The van der Waals surface area contributed by atoms with Gasteiger partial charge in [0.1, 0.15) is 0 Å². The summed E-state index contributed by atoms with van der Waals surface area (Å²) in [5.41, 5.74) is 1.07.